The average Bonchev–Trinajstić information content (AvgIpc) is 2.97. The van der Waals surface area contributed by atoms with Gasteiger partial charge >= 0.3 is 0 Å². The highest BCUT2D eigenvalue weighted by Gasteiger charge is 2.34. The molecule has 1 aliphatic carbocycles. The van der Waals surface area contributed by atoms with E-state index in [0.29, 0.717) is 23.7 Å². The Balaban J connectivity index is 1.65. The molecule has 2 aromatic carbocycles. The second kappa shape index (κ2) is 6.49. The summed E-state index contributed by atoms with van der Waals surface area (Å²) in [6.07, 6.45) is 1.65. The largest absolute Gasteiger partial charge is 0.330 e. The molecular weight excluding hydrogens is 355 g/mol. The van der Waals surface area contributed by atoms with Gasteiger partial charge < -0.3 is 10.6 Å². The zero-order chi connectivity index (χ0) is 17.6. The van der Waals surface area contributed by atoms with Crippen molar-refractivity contribution in [2.75, 3.05) is 13.1 Å². The van der Waals surface area contributed by atoms with Crippen molar-refractivity contribution in [1.29, 1.82) is 0 Å². The van der Waals surface area contributed by atoms with Gasteiger partial charge in [0.15, 0.2) is 0 Å². The number of benzene rings is 2. The molecule has 2 aliphatic rings. The van der Waals surface area contributed by atoms with Crippen LogP contribution in [0.25, 0.3) is 5.57 Å². The van der Waals surface area contributed by atoms with E-state index < -0.39 is 0 Å². The number of hydrogen-bond acceptors (Lipinski definition) is 2. The van der Waals surface area contributed by atoms with Gasteiger partial charge in [0.05, 0.1) is 0 Å². The van der Waals surface area contributed by atoms with Gasteiger partial charge in [-0.2, -0.15) is 0 Å². The second-order valence-corrected chi connectivity index (χ2v) is 7.47. The van der Waals surface area contributed by atoms with Crippen molar-refractivity contribution >= 4 is 34.7 Å². The Morgan fingerprint density at radius 1 is 1.12 bits per heavy atom. The molecule has 3 nitrogen and oxygen atoms in total. The minimum Gasteiger partial charge on any atom is -0.330 e. The van der Waals surface area contributed by atoms with Gasteiger partial charge in [0.25, 0.3) is 5.91 Å². The molecule has 1 amide bonds. The highest BCUT2D eigenvalue weighted by atomic mass is 35.5. The molecule has 0 saturated heterocycles. The predicted octanol–water partition coefficient (Wildman–Crippen LogP) is 4.18. The molecule has 0 fully saturated rings. The lowest BCUT2D eigenvalue weighted by Gasteiger charge is -2.36. The van der Waals surface area contributed by atoms with Gasteiger partial charge in [0.2, 0.25) is 0 Å². The van der Waals surface area contributed by atoms with Gasteiger partial charge in [-0.25, -0.2) is 0 Å². The zero-order valence-corrected chi connectivity index (χ0v) is 15.1. The lowest BCUT2D eigenvalue weighted by Crippen LogP contribution is -2.47. The van der Waals surface area contributed by atoms with E-state index in [1.807, 2.05) is 17.0 Å². The number of carbonyl (C=O) groups is 1. The van der Waals surface area contributed by atoms with Crippen LogP contribution in [0.2, 0.25) is 10.0 Å². The van der Waals surface area contributed by atoms with Crippen LogP contribution < -0.4 is 5.73 Å². The summed E-state index contributed by atoms with van der Waals surface area (Å²) < 4.78 is 0. The average molecular weight is 373 g/mol. The first-order chi connectivity index (χ1) is 12.1. The van der Waals surface area contributed by atoms with Gasteiger partial charge in [-0.3, -0.25) is 4.79 Å². The SMILES string of the molecule is NCC1CC2=C(Cc3ccc(Cl)cc32)CN1C(=O)c1ccc(Cl)cc1. The molecule has 2 N–H and O–H groups in total. The fourth-order valence-corrected chi connectivity index (χ4v) is 4.10. The molecule has 0 bridgehead atoms. The van der Waals surface area contributed by atoms with Gasteiger partial charge in [0.1, 0.15) is 0 Å². The van der Waals surface area contributed by atoms with E-state index in [9.17, 15) is 4.79 Å². The third-order valence-corrected chi connectivity index (χ3v) is 5.58. The van der Waals surface area contributed by atoms with Crippen LogP contribution in [0.4, 0.5) is 0 Å². The van der Waals surface area contributed by atoms with Crippen LogP contribution in [0.5, 0.6) is 0 Å². The van der Waals surface area contributed by atoms with Crippen molar-refractivity contribution in [1.82, 2.24) is 4.90 Å². The first kappa shape index (κ1) is 16.6. The van der Waals surface area contributed by atoms with E-state index in [0.717, 1.165) is 17.9 Å². The third-order valence-electron chi connectivity index (χ3n) is 5.09. The molecule has 1 atom stereocenters. The molecular formula is C20H18Cl2N2O. The van der Waals surface area contributed by atoms with Crippen LogP contribution in [0.3, 0.4) is 0 Å². The number of fused-ring (bicyclic) bond motifs is 2. The lowest BCUT2D eigenvalue weighted by atomic mass is 9.92. The quantitative estimate of drug-likeness (QED) is 0.859. The molecule has 128 valence electrons. The number of hydrogen-bond donors (Lipinski definition) is 1. The van der Waals surface area contributed by atoms with E-state index in [4.69, 9.17) is 28.9 Å². The summed E-state index contributed by atoms with van der Waals surface area (Å²) in [7, 11) is 0. The molecule has 1 unspecified atom stereocenters. The second-order valence-electron chi connectivity index (χ2n) is 6.59. The Bertz CT molecular complexity index is 874. The molecule has 2 aromatic rings. The van der Waals surface area contributed by atoms with Crippen molar-refractivity contribution in [3.8, 4) is 0 Å². The molecule has 0 aromatic heterocycles. The fourth-order valence-electron chi connectivity index (χ4n) is 3.80. The summed E-state index contributed by atoms with van der Waals surface area (Å²) in [4.78, 5) is 14.9. The fraction of sp³-hybridized carbons (Fsp3) is 0.250. The third kappa shape index (κ3) is 2.97. The van der Waals surface area contributed by atoms with Crippen molar-refractivity contribution in [2.45, 2.75) is 18.9 Å². The zero-order valence-electron chi connectivity index (χ0n) is 13.6. The highest BCUT2D eigenvalue weighted by molar-refractivity contribution is 6.31. The maximum atomic E-state index is 13.0. The van der Waals surface area contributed by atoms with E-state index in [2.05, 4.69) is 6.07 Å². The minimum atomic E-state index is -0.00754. The smallest absolute Gasteiger partial charge is 0.254 e. The summed E-state index contributed by atoms with van der Waals surface area (Å²) in [5.41, 5.74) is 11.8. The Hall–Kier alpha value is -1.81. The predicted molar refractivity (Wildman–Crippen MR) is 102 cm³/mol. The summed E-state index contributed by atoms with van der Waals surface area (Å²) >= 11 is 12.1. The van der Waals surface area contributed by atoms with Crippen molar-refractivity contribution < 1.29 is 4.79 Å². The normalized spacial score (nSPS) is 19.0. The van der Waals surface area contributed by atoms with Crippen LogP contribution in [-0.4, -0.2) is 29.9 Å². The maximum Gasteiger partial charge on any atom is 0.254 e. The molecule has 0 radical (unpaired) electrons. The monoisotopic (exact) mass is 372 g/mol. The van der Waals surface area contributed by atoms with Gasteiger partial charge in [-0.05, 0) is 71.5 Å². The Labute approximate surface area is 157 Å². The minimum absolute atomic E-state index is 0.00709. The van der Waals surface area contributed by atoms with Crippen LogP contribution in [0, 0.1) is 0 Å². The van der Waals surface area contributed by atoms with Crippen LogP contribution in [0.1, 0.15) is 27.9 Å². The Morgan fingerprint density at radius 2 is 1.84 bits per heavy atom. The van der Waals surface area contributed by atoms with E-state index in [-0.39, 0.29) is 11.9 Å². The summed E-state index contributed by atoms with van der Waals surface area (Å²) in [6, 6.07) is 13.1. The molecule has 25 heavy (non-hydrogen) atoms. The molecule has 5 heteroatoms. The number of halogens is 2. The van der Waals surface area contributed by atoms with Gasteiger partial charge in [0, 0.05) is 34.7 Å². The maximum absolute atomic E-state index is 13.0. The van der Waals surface area contributed by atoms with E-state index in [1.54, 1.807) is 24.3 Å². The number of carbonyl (C=O) groups excluding carboxylic acids is 1. The van der Waals surface area contributed by atoms with E-state index in [1.165, 1.54) is 22.3 Å². The van der Waals surface area contributed by atoms with Crippen LogP contribution in [-0.2, 0) is 6.42 Å². The Morgan fingerprint density at radius 3 is 2.56 bits per heavy atom. The Kier molecular flexibility index (Phi) is 4.32. The highest BCUT2D eigenvalue weighted by Crippen LogP contribution is 2.41. The number of amides is 1. The van der Waals surface area contributed by atoms with E-state index >= 15 is 0 Å². The van der Waals surface area contributed by atoms with Crippen LogP contribution >= 0.6 is 23.2 Å². The molecule has 1 aliphatic heterocycles. The summed E-state index contributed by atoms with van der Waals surface area (Å²) in [5.74, 6) is 0.00709. The first-order valence-electron chi connectivity index (χ1n) is 8.33. The number of nitrogens with two attached hydrogens (primary N) is 1. The van der Waals surface area contributed by atoms with Crippen molar-refractivity contribution in [3.05, 3.63) is 74.8 Å². The summed E-state index contributed by atoms with van der Waals surface area (Å²) in [6.45, 7) is 1.05. The number of nitrogens with zero attached hydrogens (tertiary/aromatic N) is 1. The molecule has 4 rings (SSSR count). The standard InChI is InChI=1S/C20H18Cl2N2O/c21-15-4-1-12(2-5-15)20(25)24-11-14-7-13-3-6-16(22)8-18(13)19(14)9-17(24)10-23/h1-6,8,17H,7,9-11,23H2. The lowest BCUT2D eigenvalue weighted by molar-refractivity contribution is 0.0696. The van der Waals surface area contributed by atoms with Crippen molar-refractivity contribution in [2.24, 2.45) is 5.73 Å². The molecule has 0 spiro atoms. The van der Waals surface area contributed by atoms with Crippen LogP contribution in [0.15, 0.2) is 48.0 Å². The topological polar surface area (TPSA) is 46.3 Å². The summed E-state index contributed by atoms with van der Waals surface area (Å²) in [5, 5.41) is 1.37. The van der Waals surface area contributed by atoms with Gasteiger partial charge in [-0.15, -0.1) is 0 Å². The molecule has 0 saturated carbocycles. The number of rotatable bonds is 2. The first-order valence-corrected chi connectivity index (χ1v) is 9.08. The molecule has 1 heterocycles. The van der Waals surface area contributed by atoms with Crippen molar-refractivity contribution in [3.63, 3.8) is 0 Å². The van der Waals surface area contributed by atoms with Gasteiger partial charge in [-0.1, -0.05) is 29.3 Å².